The molecule has 1 N–H and O–H groups in total. The van der Waals surface area contributed by atoms with E-state index in [1.165, 1.54) is 6.07 Å². The molecular formula is C15H19ClF3NO. The lowest BCUT2D eigenvalue weighted by Crippen LogP contribution is -2.40. The molecule has 21 heavy (non-hydrogen) atoms. The SMILES string of the molecule is CCc1cc2c(c(C(F)(F)F)c1)CO[C@]1(C)CNC[C@H]21.Cl. The van der Waals surface area contributed by atoms with E-state index in [9.17, 15) is 13.2 Å². The molecule has 2 aliphatic heterocycles. The Morgan fingerprint density at radius 3 is 2.71 bits per heavy atom. The molecule has 2 atom stereocenters. The second kappa shape index (κ2) is 5.45. The summed E-state index contributed by atoms with van der Waals surface area (Å²) < 4.78 is 45.5. The topological polar surface area (TPSA) is 21.3 Å². The Morgan fingerprint density at radius 1 is 1.38 bits per heavy atom. The molecule has 1 saturated heterocycles. The Labute approximate surface area is 128 Å². The van der Waals surface area contributed by atoms with Crippen molar-refractivity contribution in [2.45, 2.75) is 44.6 Å². The molecule has 0 aliphatic carbocycles. The number of alkyl halides is 3. The van der Waals surface area contributed by atoms with Crippen LogP contribution in [0.5, 0.6) is 0 Å². The fourth-order valence-electron chi connectivity index (χ4n) is 3.32. The molecule has 0 bridgehead atoms. The fraction of sp³-hybridized carbons (Fsp3) is 0.600. The molecule has 2 heterocycles. The molecule has 0 aromatic heterocycles. The lowest BCUT2D eigenvalue weighted by molar-refractivity contribution is -0.141. The van der Waals surface area contributed by atoms with Crippen LogP contribution in [0.15, 0.2) is 12.1 Å². The summed E-state index contributed by atoms with van der Waals surface area (Å²) >= 11 is 0. The highest BCUT2D eigenvalue weighted by molar-refractivity contribution is 5.85. The van der Waals surface area contributed by atoms with Crippen LogP contribution >= 0.6 is 12.4 Å². The van der Waals surface area contributed by atoms with Crippen LogP contribution in [0.25, 0.3) is 0 Å². The molecule has 0 saturated carbocycles. The predicted octanol–water partition coefficient (Wildman–Crippen LogP) is 3.67. The van der Waals surface area contributed by atoms with E-state index in [0.29, 0.717) is 25.1 Å². The number of aryl methyl sites for hydroxylation is 1. The highest BCUT2D eigenvalue weighted by Crippen LogP contribution is 2.45. The first-order valence-corrected chi connectivity index (χ1v) is 6.92. The van der Waals surface area contributed by atoms with Crippen molar-refractivity contribution in [2.75, 3.05) is 13.1 Å². The number of ether oxygens (including phenoxy) is 1. The molecule has 0 spiro atoms. The van der Waals surface area contributed by atoms with Gasteiger partial charge in [0, 0.05) is 19.0 Å². The van der Waals surface area contributed by atoms with Crippen molar-refractivity contribution in [1.29, 1.82) is 0 Å². The highest BCUT2D eigenvalue weighted by atomic mass is 35.5. The number of hydrogen-bond acceptors (Lipinski definition) is 2. The van der Waals surface area contributed by atoms with Gasteiger partial charge >= 0.3 is 6.18 Å². The zero-order chi connectivity index (χ0) is 14.5. The third-order valence-corrected chi connectivity index (χ3v) is 4.54. The van der Waals surface area contributed by atoms with Gasteiger partial charge in [0.25, 0.3) is 0 Å². The summed E-state index contributed by atoms with van der Waals surface area (Å²) in [7, 11) is 0. The summed E-state index contributed by atoms with van der Waals surface area (Å²) in [6.45, 7) is 5.27. The van der Waals surface area contributed by atoms with Crippen LogP contribution in [-0.4, -0.2) is 18.7 Å². The molecule has 6 heteroatoms. The summed E-state index contributed by atoms with van der Waals surface area (Å²) in [4.78, 5) is 0. The van der Waals surface area contributed by atoms with Crippen molar-refractivity contribution in [1.82, 2.24) is 5.32 Å². The van der Waals surface area contributed by atoms with E-state index < -0.39 is 11.7 Å². The van der Waals surface area contributed by atoms with Crippen molar-refractivity contribution in [3.8, 4) is 0 Å². The molecule has 1 aromatic rings. The first-order chi connectivity index (χ1) is 9.35. The first-order valence-electron chi connectivity index (χ1n) is 6.92. The predicted molar refractivity (Wildman–Crippen MR) is 76.9 cm³/mol. The summed E-state index contributed by atoms with van der Waals surface area (Å²) in [5.74, 6) is -0.00106. The largest absolute Gasteiger partial charge is 0.416 e. The van der Waals surface area contributed by atoms with Gasteiger partial charge in [0.1, 0.15) is 0 Å². The van der Waals surface area contributed by atoms with E-state index in [0.717, 1.165) is 11.1 Å². The van der Waals surface area contributed by atoms with Crippen LogP contribution in [0.2, 0.25) is 0 Å². The monoisotopic (exact) mass is 321 g/mol. The number of halogens is 4. The minimum atomic E-state index is -4.32. The average Bonchev–Trinajstić information content (AvgIpc) is 2.78. The fourth-order valence-corrected chi connectivity index (χ4v) is 3.32. The summed E-state index contributed by atoms with van der Waals surface area (Å²) in [5, 5.41) is 3.24. The third-order valence-electron chi connectivity index (χ3n) is 4.54. The smallest absolute Gasteiger partial charge is 0.369 e. The van der Waals surface area contributed by atoms with E-state index in [1.54, 1.807) is 0 Å². The molecule has 0 amide bonds. The standard InChI is InChI=1S/C15H18F3NO.ClH/c1-3-9-4-10-11(12(5-9)15(16,17)18)7-20-14(2)8-19-6-13(10)14;/h4-5,13,19H,3,6-8H2,1-2H3;1H/t13-,14-;/m1./s1. The van der Waals surface area contributed by atoms with Gasteiger partial charge in [0.15, 0.2) is 0 Å². The summed E-state index contributed by atoms with van der Waals surface area (Å²) in [5.41, 5.74) is 0.965. The number of fused-ring (bicyclic) bond motifs is 3. The molecular weight excluding hydrogens is 303 g/mol. The molecule has 0 unspecified atom stereocenters. The van der Waals surface area contributed by atoms with Gasteiger partial charge in [0.05, 0.1) is 17.8 Å². The Kier molecular flexibility index (Phi) is 4.30. The molecule has 0 radical (unpaired) electrons. The number of hydrogen-bond donors (Lipinski definition) is 1. The van der Waals surface area contributed by atoms with E-state index in [2.05, 4.69) is 5.32 Å². The maximum absolute atomic E-state index is 13.3. The Balaban J connectivity index is 0.00000161. The highest BCUT2D eigenvalue weighted by Gasteiger charge is 2.47. The van der Waals surface area contributed by atoms with Gasteiger partial charge < -0.3 is 10.1 Å². The van der Waals surface area contributed by atoms with Gasteiger partial charge in [-0.3, -0.25) is 0 Å². The van der Waals surface area contributed by atoms with Crippen molar-refractivity contribution >= 4 is 12.4 Å². The van der Waals surface area contributed by atoms with Crippen LogP contribution in [0.3, 0.4) is 0 Å². The van der Waals surface area contributed by atoms with Crippen molar-refractivity contribution in [3.63, 3.8) is 0 Å². The van der Waals surface area contributed by atoms with Gasteiger partial charge in [-0.2, -0.15) is 13.2 Å². The maximum Gasteiger partial charge on any atom is 0.416 e. The zero-order valence-electron chi connectivity index (χ0n) is 12.0. The third kappa shape index (κ3) is 2.67. The van der Waals surface area contributed by atoms with Crippen molar-refractivity contribution < 1.29 is 17.9 Å². The van der Waals surface area contributed by atoms with E-state index in [4.69, 9.17) is 4.74 Å². The van der Waals surface area contributed by atoms with Crippen molar-refractivity contribution in [2.24, 2.45) is 0 Å². The lowest BCUT2D eigenvalue weighted by atomic mass is 9.79. The minimum absolute atomic E-state index is 0. The van der Waals surface area contributed by atoms with Crippen LogP contribution < -0.4 is 5.32 Å². The molecule has 2 aliphatic rings. The quantitative estimate of drug-likeness (QED) is 0.852. The van der Waals surface area contributed by atoms with Gasteiger partial charge in [-0.1, -0.05) is 13.0 Å². The van der Waals surface area contributed by atoms with E-state index >= 15 is 0 Å². The van der Waals surface area contributed by atoms with Gasteiger partial charge in [0.2, 0.25) is 0 Å². The van der Waals surface area contributed by atoms with Crippen LogP contribution in [-0.2, 0) is 23.9 Å². The second-order valence-corrected chi connectivity index (χ2v) is 5.85. The molecule has 2 nitrogen and oxygen atoms in total. The molecule has 3 rings (SSSR count). The normalized spacial score (nSPS) is 27.8. The van der Waals surface area contributed by atoms with Gasteiger partial charge in [-0.15, -0.1) is 12.4 Å². The number of nitrogens with one attached hydrogen (secondary N) is 1. The lowest BCUT2D eigenvalue weighted by Gasteiger charge is -2.38. The minimum Gasteiger partial charge on any atom is -0.369 e. The van der Waals surface area contributed by atoms with Gasteiger partial charge in [-0.05, 0) is 36.1 Å². The Morgan fingerprint density at radius 2 is 2.10 bits per heavy atom. The van der Waals surface area contributed by atoms with E-state index in [1.807, 2.05) is 19.9 Å². The van der Waals surface area contributed by atoms with Gasteiger partial charge in [-0.25, -0.2) is 0 Å². The average molecular weight is 322 g/mol. The van der Waals surface area contributed by atoms with Crippen molar-refractivity contribution in [3.05, 3.63) is 34.4 Å². The maximum atomic E-state index is 13.3. The van der Waals surface area contributed by atoms with Crippen LogP contribution in [0.1, 0.15) is 42.0 Å². The molecule has 1 aromatic carbocycles. The zero-order valence-corrected chi connectivity index (χ0v) is 12.8. The van der Waals surface area contributed by atoms with E-state index in [-0.39, 0.29) is 30.5 Å². The number of rotatable bonds is 1. The Bertz CT molecular complexity index is 546. The Hall–Kier alpha value is -0.780. The number of benzene rings is 1. The summed E-state index contributed by atoms with van der Waals surface area (Å²) in [6.07, 6.45) is -3.72. The second-order valence-electron chi connectivity index (χ2n) is 5.85. The molecule has 1 fully saturated rings. The van der Waals surface area contributed by atoms with Crippen LogP contribution in [0, 0.1) is 0 Å². The van der Waals surface area contributed by atoms with Crippen LogP contribution in [0.4, 0.5) is 13.2 Å². The molecule has 118 valence electrons. The summed E-state index contributed by atoms with van der Waals surface area (Å²) in [6, 6.07) is 3.20. The first kappa shape index (κ1) is 16.6.